The van der Waals surface area contributed by atoms with Crippen molar-refractivity contribution in [2.24, 2.45) is 5.73 Å². The summed E-state index contributed by atoms with van der Waals surface area (Å²) >= 11 is 3.39. The number of nitrogens with zero attached hydrogens (tertiary/aromatic N) is 1. The Balaban J connectivity index is 2.57. The standard InChI is InChI=1S/C9H13BrN2/c1-7(11)4-5-8-3-2-6-12-9(8)10/h2-3,6-7H,4-5,11H2,1H3/t7-/m0/s1. The van der Waals surface area contributed by atoms with Crippen molar-refractivity contribution in [2.75, 3.05) is 0 Å². The molecule has 0 saturated heterocycles. The van der Waals surface area contributed by atoms with Crippen LogP contribution in [-0.2, 0) is 6.42 Å². The highest BCUT2D eigenvalue weighted by Gasteiger charge is 2.00. The van der Waals surface area contributed by atoms with Crippen molar-refractivity contribution < 1.29 is 0 Å². The second-order valence-electron chi connectivity index (χ2n) is 2.97. The number of rotatable bonds is 3. The van der Waals surface area contributed by atoms with Crippen LogP contribution in [0.5, 0.6) is 0 Å². The lowest BCUT2D eigenvalue weighted by atomic mass is 10.1. The van der Waals surface area contributed by atoms with Crippen LogP contribution in [-0.4, -0.2) is 11.0 Å². The van der Waals surface area contributed by atoms with Crippen LogP contribution in [0, 0.1) is 0 Å². The molecule has 0 bridgehead atoms. The number of hydrogen-bond donors (Lipinski definition) is 1. The van der Waals surface area contributed by atoms with Gasteiger partial charge in [0.1, 0.15) is 4.60 Å². The van der Waals surface area contributed by atoms with Crippen molar-refractivity contribution in [3.63, 3.8) is 0 Å². The van der Waals surface area contributed by atoms with Crippen LogP contribution in [0.1, 0.15) is 18.9 Å². The van der Waals surface area contributed by atoms with Gasteiger partial charge in [-0.05, 0) is 47.3 Å². The van der Waals surface area contributed by atoms with Crippen LogP contribution in [0.15, 0.2) is 22.9 Å². The van der Waals surface area contributed by atoms with Gasteiger partial charge >= 0.3 is 0 Å². The van der Waals surface area contributed by atoms with Crippen LogP contribution in [0.4, 0.5) is 0 Å². The molecule has 1 heterocycles. The van der Waals surface area contributed by atoms with E-state index in [2.05, 4.69) is 27.0 Å². The van der Waals surface area contributed by atoms with Gasteiger partial charge < -0.3 is 5.73 Å². The van der Waals surface area contributed by atoms with Crippen molar-refractivity contribution in [1.82, 2.24) is 4.98 Å². The van der Waals surface area contributed by atoms with Crippen LogP contribution in [0.25, 0.3) is 0 Å². The first kappa shape index (κ1) is 9.68. The molecule has 0 aromatic carbocycles. The van der Waals surface area contributed by atoms with Crippen LogP contribution in [0.3, 0.4) is 0 Å². The lowest BCUT2D eigenvalue weighted by Gasteiger charge is -2.05. The molecule has 1 atom stereocenters. The molecule has 0 unspecified atom stereocenters. The summed E-state index contributed by atoms with van der Waals surface area (Å²) in [6, 6.07) is 4.28. The molecule has 0 saturated carbocycles. The molecule has 1 rings (SSSR count). The summed E-state index contributed by atoms with van der Waals surface area (Å²) in [5, 5.41) is 0. The highest BCUT2D eigenvalue weighted by Crippen LogP contribution is 2.14. The molecule has 2 nitrogen and oxygen atoms in total. The van der Waals surface area contributed by atoms with E-state index in [1.165, 1.54) is 5.56 Å². The summed E-state index contributed by atoms with van der Waals surface area (Å²) in [5.41, 5.74) is 6.89. The zero-order chi connectivity index (χ0) is 8.97. The number of halogens is 1. The first-order valence-electron chi connectivity index (χ1n) is 4.05. The molecule has 66 valence electrons. The summed E-state index contributed by atoms with van der Waals surface area (Å²) in [5.74, 6) is 0. The quantitative estimate of drug-likeness (QED) is 0.806. The molecule has 0 aliphatic heterocycles. The zero-order valence-corrected chi connectivity index (χ0v) is 8.71. The molecule has 1 aromatic heterocycles. The number of nitrogens with two attached hydrogens (primary N) is 1. The molecule has 0 radical (unpaired) electrons. The molecule has 0 aliphatic rings. The Morgan fingerprint density at radius 3 is 3.00 bits per heavy atom. The predicted molar refractivity (Wildman–Crippen MR) is 53.9 cm³/mol. The fourth-order valence-corrected chi connectivity index (χ4v) is 1.44. The highest BCUT2D eigenvalue weighted by molar-refractivity contribution is 9.10. The Hall–Kier alpha value is -0.410. The van der Waals surface area contributed by atoms with E-state index in [1.54, 1.807) is 6.20 Å². The minimum absolute atomic E-state index is 0.261. The Morgan fingerprint density at radius 1 is 1.67 bits per heavy atom. The van der Waals surface area contributed by atoms with E-state index in [0.717, 1.165) is 17.4 Å². The molecule has 0 aliphatic carbocycles. The molecule has 1 aromatic rings. The number of pyridine rings is 1. The van der Waals surface area contributed by atoms with E-state index in [1.807, 2.05) is 13.0 Å². The molecule has 0 spiro atoms. The second-order valence-corrected chi connectivity index (χ2v) is 3.72. The van der Waals surface area contributed by atoms with Gasteiger partial charge in [-0.2, -0.15) is 0 Å². The highest BCUT2D eigenvalue weighted by atomic mass is 79.9. The lowest BCUT2D eigenvalue weighted by Crippen LogP contribution is -2.15. The second kappa shape index (κ2) is 4.58. The third-order valence-corrected chi connectivity index (χ3v) is 2.42. The average molecular weight is 229 g/mol. The fourth-order valence-electron chi connectivity index (χ4n) is 0.989. The minimum Gasteiger partial charge on any atom is -0.328 e. The zero-order valence-electron chi connectivity index (χ0n) is 7.13. The van der Waals surface area contributed by atoms with E-state index < -0.39 is 0 Å². The van der Waals surface area contributed by atoms with Gasteiger partial charge in [0.25, 0.3) is 0 Å². The molecule has 2 N–H and O–H groups in total. The Morgan fingerprint density at radius 2 is 2.42 bits per heavy atom. The first-order valence-corrected chi connectivity index (χ1v) is 4.84. The van der Waals surface area contributed by atoms with E-state index in [9.17, 15) is 0 Å². The van der Waals surface area contributed by atoms with Gasteiger partial charge in [0.15, 0.2) is 0 Å². The maximum absolute atomic E-state index is 5.65. The van der Waals surface area contributed by atoms with Gasteiger partial charge in [-0.25, -0.2) is 4.98 Å². The minimum atomic E-state index is 0.261. The lowest BCUT2D eigenvalue weighted by molar-refractivity contribution is 0.663. The Labute approximate surface area is 81.3 Å². The molecular formula is C9H13BrN2. The van der Waals surface area contributed by atoms with Gasteiger partial charge in [0.05, 0.1) is 0 Å². The van der Waals surface area contributed by atoms with Crippen LogP contribution < -0.4 is 5.73 Å². The average Bonchev–Trinajstić information content (AvgIpc) is 2.03. The van der Waals surface area contributed by atoms with Crippen molar-refractivity contribution in [3.8, 4) is 0 Å². The molecule has 0 amide bonds. The van der Waals surface area contributed by atoms with Gasteiger partial charge in [-0.15, -0.1) is 0 Å². The number of hydrogen-bond acceptors (Lipinski definition) is 2. The van der Waals surface area contributed by atoms with Gasteiger partial charge in [-0.3, -0.25) is 0 Å². The topological polar surface area (TPSA) is 38.9 Å². The van der Waals surface area contributed by atoms with E-state index in [4.69, 9.17) is 5.73 Å². The number of aryl methyl sites for hydroxylation is 1. The van der Waals surface area contributed by atoms with E-state index in [0.29, 0.717) is 0 Å². The summed E-state index contributed by atoms with van der Waals surface area (Å²) in [6.45, 7) is 2.02. The molecule has 12 heavy (non-hydrogen) atoms. The number of aromatic nitrogens is 1. The first-order chi connectivity index (χ1) is 5.70. The molecular weight excluding hydrogens is 216 g/mol. The van der Waals surface area contributed by atoms with Gasteiger partial charge in [-0.1, -0.05) is 6.07 Å². The normalized spacial score (nSPS) is 12.9. The fraction of sp³-hybridized carbons (Fsp3) is 0.444. The van der Waals surface area contributed by atoms with Crippen LogP contribution in [0.2, 0.25) is 0 Å². The maximum atomic E-state index is 5.65. The summed E-state index contributed by atoms with van der Waals surface area (Å²) in [7, 11) is 0. The Bertz CT molecular complexity index is 248. The van der Waals surface area contributed by atoms with Gasteiger partial charge in [0, 0.05) is 12.2 Å². The predicted octanol–water partition coefficient (Wildman–Crippen LogP) is 2.12. The van der Waals surface area contributed by atoms with Crippen molar-refractivity contribution >= 4 is 15.9 Å². The van der Waals surface area contributed by atoms with E-state index in [-0.39, 0.29) is 6.04 Å². The smallest absolute Gasteiger partial charge is 0.109 e. The van der Waals surface area contributed by atoms with Crippen molar-refractivity contribution in [3.05, 3.63) is 28.5 Å². The van der Waals surface area contributed by atoms with Crippen molar-refractivity contribution in [1.29, 1.82) is 0 Å². The van der Waals surface area contributed by atoms with Crippen molar-refractivity contribution in [2.45, 2.75) is 25.8 Å². The third kappa shape index (κ3) is 2.91. The van der Waals surface area contributed by atoms with Gasteiger partial charge in [0.2, 0.25) is 0 Å². The SMILES string of the molecule is C[C@H](N)CCc1cccnc1Br. The summed E-state index contributed by atoms with van der Waals surface area (Å²) in [4.78, 5) is 4.13. The molecule has 0 fully saturated rings. The Kier molecular flexibility index (Phi) is 3.69. The third-order valence-electron chi connectivity index (χ3n) is 1.71. The van der Waals surface area contributed by atoms with E-state index >= 15 is 0 Å². The summed E-state index contributed by atoms with van der Waals surface area (Å²) < 4.78 is 0.936. The molecule has 3 heteroatoms. The van der Waals surface area contributed by atoms with Crippen LogP contribution >= 0.6 is 15.9 Å². The maximum Gasteiger partial charge on any atom is 0.109 e. The summed E-state index contributed by atoms with van der Waals surface area (Å²) in [6.07, 6.45) is 3.77. The largest absolute Gasteiger partial charge is 0.328 e. The monoisotopic (exact) mass is 228 g/mol.